The van der Waals surface area contributed by atoms with E-state index < -0.39 is 5.60 Å². The maximum absolute atomic E-state index is 12.0. The standard InChI is InChI=1S/C12H23NO3/c1-6-12(4,16-5)10(15)13-8-7-9(14)11(8,2)3/h8-9,14H,6-7H2,1-5H3,(H,13,15). The first-order valence-electron chi connectivity index (χ1n) is 5.82. The minimum Gasteiger partial charge on any atom is -0.392 e. The highest BCUT2D eigenvalue weighted by molar-refractivity contribution is 5.85. The Hall–Kier alpha value is -0.610. The third-order valence-corrected chi connectivity index (χ3v) is 4.13. The fourth-order valence-corrected chi connectivity index (χ4v) is 1.86. The molecule has 1 fully saturated rings. The van der Waals surface area contributed by atoms with Crippen LogP contribution in [0.2, 0.25) is 0 Å². The molecule has 4 nitrogen and oxygen atoms in total. The molecule has 1 aliphatic rings. The first-order chi connectivity index (χ1) is 7.28. The second-order valence-electron chi connectivity index (χ2n) is 5.39. The zero-order valence-electron chi connectivity index (χ0n) is 10.8. The lowest BCUT2D eigenvalue weighted by atomic mass is 9.64. The molecular formula is C12H23NO3. The van der Waals surface area contributed by atoms with E-state index in [0.29, 0.717) is 12.8 Å². The van der Waals surface area contributed by atoms with Crippen molar-refractivity contribution in [3.05, 3.63) is 0 Å². The SMILES string of the molecule is CCC(C)(OC)C(=O)NC1CC(O)C1(C)C. The van der Waals surface area contributed by atoms with Crippen LogP contribution < -0.4 is 5.32 Å². The summed E-state index contributed by atoms with van der Waals surface area (Å²) in [6.45, 7) is 7.62. The van der Waals surface area contributed by atoms with E-state index >= 15 is 0 Å². The van der Waals surface area contributed by atoms with Crippen molar-refractivity contribution in [2.45, 2.75) is 58.3 Å². The van der Waals surface area contributed by atoms with E-state index in [2.05, 4.69) is 5.32 Å². The lowest BCUT2D eigenvalue weighted by Gasteiger charge is -2.50. The molecule has 0 saturated heterocycles. The molecule has 3 unspecified atom stereocenters. The van der Waals surface area contributed by atoms with Crippen LogP contribution in [0.4, 0.5) is 0 Å². The summed E-state index contributed by atoms with van der Waals surface area (Å²) < 4.78 is 5.24. The van der Waals surface area contributed by atoms with Crippen LogP contribution in [0, 0.1) is 5.41 Å². The van der Waals surface area contributed by atoms with Crippen molar-refractivity contribution in [3.63, 3.8) is 0 Å². The largest absolute Gasteiger partial charge is 0.392 e. The van der Waals surface area contributed by atoms with Crippen molar-refractivity contribution < 1.29 is 14.6 Å². The Balaban J connectivity index is 2.60. The molecule has 2 N–H and O–H groups in total. The maximum atomic E-state index is 12.0. The van der Waals surface area contributed by atoms with Gasteiger partial charge in [-0.15, -0.1) is 0 Å². The number of aliphatic hydroxyl groups excluding tert-OH is 1. The Morgan fingerprint density at radius 3 is 2.50 bits per heavy atom. The van der Waals surface area contributed by atoms with Crippen LogP contribution in [0.1, 0.15) is 40.5 Å². The van der Waals surface area contributed by atoms with Crippen LogP contribution in [0.3, 0.4) is 0 Å². The molecule has 1 aliphatic carbocycles. The first kappa shape index (κ1) is 13.5. The number of carbonyl (C=O) groups excluding carboxylic acids is 1. The number of carbonyl (C=O) groups is 1. The Morgan fingerprint density at radius 1 is 1.62 bits per heavy atom. The van der Waals surface area contributed by atoms with Gasteiger partial charge in [0.15, 0.2) is 0 Å². The fraction of sp³-hybridized carbons (Fsp3) is 0.917. The Morgan fingerprint density at radius 2 is 2.19 bits per heavy atom. The van der Waals surface area contributed by atoms with Crippen LogP contribution >= 0.6 is 0 Å². The number of amides is 1. The number of hydrogen-bond donors (Lipinski definition) is 2. The summed E-state index contributed by atoms with van der Waals surface area (Å²) >= 11 is 0. The van der Waals surface area contributed by atoms with Gasteiger partial charge in [-0.1, -0.05) is 20.8 Å². The predicted octanol–water partition coefficient (Wildman–Crippen LogP) is 1.08. The van der Waals surface area contributed by atoms with Crippen LogP contribution in [0.15, 0.2) is 0 Å². The van der Waals surface area contributed by atoms with Crippen molar-refractivity contribution >= 4 is 5.91 Å². The van der Waals surface area contributed by atoms with Crippen molar-refractivity contribution in [2.24, 2.45) is 5.41 Å². The molecule has 16 heavy (non-hydrogen) atoms. The lowest BCUT2D eigenvalue weighted by Crippen LogP contribution is -2.63. The minimum absolute atomic E-state index is 0.0380. The number of nitrogens with one attached hydrogen (secondary N) is 1. The number of rotatable bonds is 4. The molecule has 0 spiro atoms. The van der Waals surface area contributed by atoms with E-state index in [-0.39, 0.29) is 23.5 Å². The maximum Gasteiger partial charge on any atom is 0.252 e. The summed E-state index contributed by atoms with van der Waals surface area (Å²) in [7, 11) is 1.55. The van der Waals surface area contributed by atoms with Gasteiger partial charge >= 0.3 is 0 Å². The predicted molar refractivity (Wildman–Crippen MR) is 62.0 cm³/mol. The average molecular weight is 229 g/mol. The van der Waals surface area contributed by atoms with Crippen LogP contribution in [-0.2, 0) is 9.53 Å². The van der Waals surface area contributed by atoms with Gasteiger partial charge in [0.25, 0.3) is 5.91 Å². The second kappa shape index (κ2) is 4.34. The van der Waals surface area contributed by atoms with Gasteiger partial charge in [-0.2, -0.15) is 0 Å². The van der Waals surface area contributed by atoms with Gasteiger partial charge in [0.1, 0.15) is 5.60 Å². The zero-order chi connectivity index (χ0) is 12.6. The van der Waals surface area contributed by atoms with Gasteiger partial charge < -0.3 is 15.2 Å². The van der Waals surface area contributed by atoms with Gasteiger partial charge in [0.2, 0.25) is 0 Å². The normalized spacial score (nSPS) is 31.4. The van der Waals surface area contributed by atoms with Gasteiger partial charge in [-0.05, 0) is 19.8 Å². The molecule has 0 aromatic heterocycles. The topological polar surface area (TPSA) is 58.6 Å². The molecule has 0 aromatic carbocycles. The molecule has 4 heteroatoms. The monoisotopic (exact) mass is 229 g/mol. The smallest absolute Gasteiger partial charge is 0.252 e. The average Bonchev–Trinajstić information content (AvgIpc) is 2.27. The van der Waals surface area contributed by atoms with Crippen LogP contribution in [0.25, 0.3) is 0 Å². The van der Waals surface area contributed by atoms with Crippen molar-refractivity contribution in [2.75, 3.05) is 7.11 Å². The second-order valence-corrected chi connectivity index (χ2v) is 5.39. The molecule has 0 aromatic rings. The Kier molecular flexibility index (Phi) is 3.65. The number of ether oxygens (including phenoxy) is 1. The summed E-state index contributed by atoms with van der Waals surface area (Å²) in [6.07, 6.45) is 0.932. The Bertz CT molecular complexity index is 271. The third-order valence-electron chi connectivity index (χ3n) is 4.13. The van der Waals surface area contributed by atoms with Crippen molar-refractivity contribution in [1.29, 1.82) is 0 Å². The molecule has 0 aliphatic heterocycles. The van der Waals surface area contributed by atoms with Crippen LogP contribution in [0.5, 0.6) is 0 Å². The van der Waals surface area contributed by atoms with E-state index in [0.717, 1.165) is 0 Å². The van der Waals surface area contributed by atoms with E-state index in [1.165, 1.54) is 0 Å². The van der Waals surface area contributed by atoms with Gasteiger partial charge in [-0.25, -0.2) is 0 Å². The van der Waals surface area contributed by atoms with Crippen molar-refractivity contribution in [3.8, 4) is 0 Å². The lowest BCUT2D eigenvalue weighted by molar-refractivity contribution is -0.149. The van der Waals surface area contributed by atoms with Gasteiger partial charge in [0.05, 0.1) is 6.10 Å². The Labute approximate surface area is 97.4 Å². The van der Waals surface area contributed by atoms with Gasteiger partial charge in [-0.3, -0.25) is 4.79 Å². The molecule has 94 valence electrons. The molecule has 0 bridgehead atoms. The number of methoxy groups -OCH3 is 1. The number of hydrogen-bond acceptors (Lipinski definition) is 3. The van der Waals surface area contributed by atoms with E-state index in [1.807, 2.05) is 20.8 Å². The third kappa shape index (κ3) is 2.09. The highest BCUT2D eigenvalue weighted by Crippen LogP contribution is 2.40. The summed E-state index contributed by atoms with van der Waals surface area (Å²) in [5.41, 5.74) is -1.01. The molecular weight excluding hydrogens is 206 g/mol. The van der Waals surface area contributed by atoms with Crippen LogP contribution in [-0.4, -0.2) is 35.9 Å². The summed E-state index contributed by atoms with van der Waals surface area (Å²) in [5, 5.41) is 12.5. The fourth-order valence-electron chi connectivity index (χ4n) is 1.86. The van der Waals surface area contributed by atoms with Crippen molar-refractivity contribution in [1.82, 2.24) is 5.32 Å². The quantitative estimate of drug-likeness (QED) is 0.758. The molecule has 1 saturated carbocycles. The number of aliphatic hydroxyl groups is 1. The zero-order valence-corrected chi connectivity index (χ0v) is 10.8. The summed E-state index contributed by atoms with van der Waals surface area (Å²) in [4.78, 5) is 12.0. The molecule has 0 heterocycles. The molecule has 1 amide bonds. The summed E-state index contributed by atoms with van der Waals surface area (Å²) in [5.74, 6) is -0.0949. The van der Waals surface area contributed by atoms with E-state index in [4.69, 9.17) is 4.74 Å². The summed E-state index contributed by atoms with van der Waals surface area (Å²) in [6, 6.07) is 0.0380. The first-order valence-corrected chi connectivity index (χ1v) is 5.82. The molecule has 1 rings (SSSR count). The molecule has 3 atom stereocenters. The van der Waals surface area contributed by atoms with E-state index in [1.54, 1.807) is 14.0 Å². The van der Waals surface area contributed by atoms with Gasteiger partial charge in [0, 0.05) is 18.6 Å². The minimum atomic E-state index is -0.767. The highest BCUT2D eigenvalue weighted by atomic mass is 16.5. The molecule has 0 radical (unpaired) electrons. The van der Waals surface area contributed by atoms with E-state index in [9.17, 15) is 9.90 Å². The highest BCUT2D eigenvalue weighted by Gasteiger charge is 2.49.